The Hall–Kier alpha value is -1.49. The normalized spacial score (nSPS) is 13.5. The average molecular weight is 227 g/mol. The predicted molar refractivity (Wildman–Crippen MR) is 55.7 cm³/mol. The van der Waals surface area contributed by atoms with Gasteiger partial charge in [0.05, 0.1) is 5.69 Å². The summed E-state index contributed by atoms with van der Waals surface area (Å²) < 4.78 is 17.9. The van der Waals surface area contributed by atoms with Crippen LogP contribution in [-0.4, -0.2) is 29.3 Å². The van der Waals surface area contributed by atoms with Crippen molar-refractivity contribution in [3.8, 4) is 0 Å². The van der Waals surface area contributed by atoms with Gasteiger partial charge in [0.1, 0.15) is 5.82 Å². The number of pyridine rings is 1. The lowest BCUT2D eigenvalue weighted by Crippen LogP contribution is -2.42. The van der Waals surface area contributed by atoms with Gasteiger partial charge in [0, 0.05) is 18.7 Å². The molecule has 0 aliphatic heterocycles. The Balaban J connectivity index is 3.13. The van der Waals surface area contributed by atoms with Gasteiger partial charge >= 0.3 is 5.97 Å². The second-order valence-corrected chi connectivity index (χ2v) is 4.03. The lowest BCUT2D eigenvalue weighted by molar-refractivity contribution is -0.152. The van der Waals surface area contributed by atoms with E-state index in [2.05, 4.69) is 4.98 Å². The maximum Gasteiger partial charge on any atom is 0.333 e. The van der Waals surface area contributed by atoms with E-state index < -0.39 is 23.3 Å². The molecule has 1 rings (SSSR count). The largest absolute Gasteiger partial charge is 0.479 e. The van der Waals surface area contributed by atoms with Crippen LogP contribution >= 0.6 is 0 Å². The first-order valence-corrected chi connectivity index (χ1v) is 4.77. The summed E-state index contributed by atoms with van der Waals surface area (Å²) in [6.45, 7) is 3.30. The summed E-state index contributed by atoms with van der Waals surface area (Å²) in [7, 11) is 1.31. The summed E-state index contributed by atoms with van der Waals surface area (Å²) >= 11 is 0. The van der Waals surface area contributed by atoms with Crippen molar-refractivity contribution < 1.29 is 19.0 Å². The highest BCUT2D eigenvalue weighted by atomic mass is 19.1. The minimum Gasteiger partial charge on any atom is -0.479 e. The van der Waals surface area contributed by atoms with Crippen LogP contribution in [0.2, 0.25) is 0 Å². The molecule has 0 fully saturated rings. The smallest absolute Gasteiger partial charge is 0.333 e. The molecule has 16 heavy (non-hydrogen) atoms. The molecule has 88 valence electrons. The maximum absolute atomic E-state index is 13.0. The number of methoxy groups -OCH3 is 1. The number of rotatable bonds is 4. The molecule has 0 amide bonds. The minimum atomic E-state index is -1.10. The summed E-state index contributed by atoms with van der Waals surface area (Å²) in [5, 5.41) is 8.99. The van der Waals surface area contributed by atoms with Crippen LogP contribution in [-0.2, 0) is 14.9 Å². The molecule has 0 aromatic carbocycles. The van der Waals surface area contributed by atoms with Gasteiger partial charge in [-0.25, -0.2) is 9.18 Å². The van der Waals surface area contributed by atoms with Crippen molar-refractivity contribution in [1.29, 1.82) is 0 Å². The van der Waals surface area contributed by atoms with Gasteiger partial charge in [0.25, 0.3) is 0 Å². The number of aliphatic carboxylic acids is 1. The van der Waals surface area contributed by atoms with Crippen LogP contribution in [0.5, 0.6) is 0 Å². The molecular weight excluding hydrogens is 213 g/mol. The van der Waals surface area contributed by atoms with Gasteiger partial charge in [-0.3, -0.25) is 4.98 Å². The van der Waals surface area contributed by atoms with Crippen molar-refractivity contribution in [2.24, 2.45) is 0 Å². The van der Waals surface area contributed by atoms with E-state index >= 15 is 0 Å². The monoisotopic (exact) mass is 227 g/mol. The van der Waals surface area contributed by atoms with Crippen molar-refractivity contribution in [2.45, 2.75) is 25.4 Å². The van der Waals surface area contributed by atoms with Crippen LogP contribution in [0.1, 0.15) is 19.5 Å². The third-order valence-electron chi connectivity index (χ3n) is 2.50. The second-order valence-electron chi connectivity index (χ2n) is 4.03. The Morgan fingerprint density at radius 1 is 1.62 bits per heavy atom. The highest BCUT2D eigenvalue weighted by molar-refractivity contribution is 5.74. The molecule has 0 saturated heterocycles. The molecule has 0 spiro atoms. The molecule has 1 heterocycles. The third kappa shape index (κ3) is 2.36. The summed E-state index contributed by atoms with van der Waals surface area (Å²) in [4.78, 5) is 15.0. The van der Waals surface area contributed by atoms with E-state index in [1.54, 1.807) is 13.8 Å². The quantitative estimate of drug-likeness (QED) is 0.848. The molecular formula is C11H14FNO3. The molecule has 4 nitrogen and oxygen atoms in total. The fourth-order valence-electron chi connectivity index (χ4n) is 1.60. The van der Waals surface area contributed by atoms with Crippen molar-refractivity contribution in [3.63, 3.8) is 0 Å². The van der Waals surface area contributed by atoms with E-state index in [1.807, 2.05) is 0 Å². The van der Waals surface area contributed by atoms with Crippen LogP contribution in [0, 0.1) is 5.82 Å². The summed E-state index contributed by atoms with van der Waals surface area (Å²) in [5.41, 5.74) is -0.551. The van der Waals surface area contributed by atoms with Gasteiger partial charge in [0.15, 0.2) is 6.10 Å². The highest BCUT2D eigenvalue weighted by Gasteiger charge is 2.38. The Bertz CT molecular complexity index is 393. The number of carbonyl (C=O) groups is 1. The summed E-state index contributed by atoms with van der Waals surface area (Å²) in [6, 6.07) is 2.43. The van der Waals surface area contributed by atoms with Crippen LogP contribution < -0.4 is 0 Å². The van der Waals surface area contributed by atoms with E-state index in [1.165, 1.54) is 25.4 Å². The third-order valence-corrected chi connectivity index (χ3v) is 2.50. The number of carboxylic acids is 1. The molecule has 0 radical (unpaired) electrons. The standard InChI is InChI=1S/C11H14FNO3/c1-11(2,9(16-3)10(14)15)8-6-7(12)4-5-13-8/h4-6,9H,1-3H3,(H,14,15). The Morgan fingerprint density at radius 2 is 2.25 bits per heavy atom. The van der Waals surface area contributed by atoms with Crippen molar-refractivity contribution in [2.75, 3.05) is 7.11 Å². The molecule has 0 bridgehead atoms. The first-order valence-electron chi connectivity index (χ1n) is 4.77. The first kappa shape index (κ1) is 12.6. The number of hydrogen-bond acceptors (Lipinski definition) is 3. The van der Waals surface area contributed by atoms with Gasteiger partial charge in [-0.2, -0.15) is 0 Å². The number of aromatic nitrogens is 1. The molecule has 1 aromatic heterocycles. The highest BCUT2D eigenvalue weighted by Crippen LogP contribution is 2.27. The van der Waals surface area contributed by atoms with Crippen molar-refractivity contribution in [1.82, 2.24) is 4.98 Å². The second kappa shape index (κ2) is 4.57. The number of halogens is 1. The van der Waals surface area contributed by atoms with Gasteiger partial charge in [0.2, 0.25) is 0 Å². The summed E-state index contributed by atoms with van der Waals surface area (Å²) in [5.74, 6) is -1.54. The SMILES string of the molecule is COC(C(=O)O)C(C)(C)c1cc(F)ccn1. The number of carboxylic acid groups (broad SMARTS) is 1. The fraction of sp³-hybridized carbons (Fsp3) is 0.455. The molecule has 5 heteroatoms. The van der Waals surface area contributed by atoms with Crippen LogP contribution in [0.25, 0.3) is 0 Å². The van der Waals surface area contributed by atoms with Gasteiger partial charge in [-0.05, 0) is 12.1 Å². The van der Waals surface area contributed by atoms with Crippen LogP contribution in [0.3, 0.4) is 0 Å². The van der Waals surface area contributed by atoms with Crippen molar-refractivity contribution >= 4 is 5.97 Å². The first-order chi connectivity index (χ1) is 7.39. The van der Waals surface area contributed by atoms with E-state index in [0.717, 1.165) is 0 Å². The predicted octanol–water partition coefficient (Wildman–Crippen LogP) is 1.60. The molecule has 0 aliphatic rings. The molecule has 1 aromatic rings. The van der Waals surface area contributed by atoms with E-state index in [9.17, 15) is 9.18 Å². The van der Waals surface area contributed by atoms with E-state index in [-0.39, 0.29) is 0 Å². The number of ether oxygens (including phenoxy) is 1. The fourth-order valence-corrected chi connectivity index (χ4v) is 1.60. The molecule has 0 aliphatic carbocycles. The zero-order valence-electron chi connectivity index (χ0n) is 9.40. The molecule has 0 saturated carbocycles. The topological polar surface area (TPSA) is 59.4 Å². The summed E-state index contributed by atoms with van der Waals surface area (Å²) in [6.07, 6.45) is 0.239. The lowest BCUT2D eigenvalue weighted by atomic mass is 9.82. The van der Waals surface area contributed by atoms with Gasteiger partial charge in [-0.15, -0.1) is 0 Å². The average Bonchev–Trinajstić information content (AvgIpc) is 2.17. The lowest BCUT2D eigenvalue weighted by Gasteiger charge is -2.29. The molecule has 1 atom stereocenters. The minimum absolute atomic E-state index is 0.349. The number of hydrogen-bond donors (Lipinski definition) is 1. The van der Waals surface area contributed by atoms with Crippen LogP contribution in [0.15, 0.2) is 18.3 Å². The van der Waals surface area contributed by atoms with Gasteiger partial charge in [-0.1, -0.05) is 13.8 Å². The van der Waals surface area contributed by atoms with Gasteiger partial charge < -0.3 is 9.84 Å². The maximum atomic E-state index is 13.0. The Labute approximate surface area is 93.1 Å². The Morgan fingerprint density at radius 3 is 2.69 bits per heavy atom. The molecule has 1 N–H and O–H groups in total. The van der Waals surface area contributed by atoms with E-state index in [0.29, 0.717) is 5.69 Å². The zero-order valence-corrected chi connectivity index (χ0v) is 9.40. The molecule has 1 unspecified atom stereocenters. The van der Waals surface area contributed by atoms with Crippen LogP contribution in [0.4, 0.5) is 4.39 Å². The van der Waals surface area contributed by atoms with Crippen molar-refractivity contribution in [3.05, 3.63) is 29.8 Å². The number of nitrogens with zero attached hydrogens (tertiary/aromatic N) is 1. The Kier molecular flexibility index (Phi) is 3.59. The van der Waals surface area contributed by atoms with E-state index in [4.69, 9.17) is 9.84 Å². The zero-order chi connectivity index (χ0) is 12.3.